The summed E-state index contributed by atoms with van der Waals surface area (Å²) in [6.07, 6.45) is 2.32. The highest BCUT2D eigenvalue weighted by Gasteiger charge is 2.29. The van der Waals surface area contributed by atoms with Gasteiger partial charge in [0, 0.05) is 25.1 Å². The van der Waals surface area contributed by atoms with Gasteiger partial charge in [-0.3, -0.25) is 19.2 Å². The number of hydrogen-bond acceptors (Lipinski definition) is 5. The van der Waals surface area contributed by atoms with Gasteiger partial charge in [-0.15, -0.1) is 0 Å². The maximum absolute atomic E-state index is 13.5. The third kappa shape index (κ3) is 9.83. The minimum absolute atomic E-state index is 0.106. The van der Waals surface area contributed by atoms with Crippen molar-refractivity contribution < 1.29 is 19.2 Å². The topological polar surface area (TPSA) is 128 Å². The molecule has 2 aliphatic heterocycles. The van der Waals surface area contributed by atoms with Crippen LogP contribution in [0.25, 0.3) is 0 Å². The van der Waals surface area contributed by atoms with Crippen molar-refractivity contribution in [2.45, 2.75) is 71.1 Å². The van der Waals surface area contributed by atoms with Crippen molar-refractivity contribution in [1.29, 1.82) is 0 Å². The molecule has 4 amide bonds. The van der Waals surface area contributed by atoms with Crippen LogP contribution in [0.4, 0.5) is 0 Å². The molecule has 5 N–H and O–H groups in total. The third-order valence-electron chi connectivity index (χ3n) is 6.62. The molecule has 2 aromatic rings. The van der Waals surface area contributed by atoms with Gasteiger partial charge in [-0.25, -0.2) is 0 Å². The normalized spacial score (nSPS) is 22.3. The Morgan fingerprint density at radius 1 is 0.769 bits per heavy atom. The van der Waals surface area contributed by atoms with Gasteiger partial charge in [-0.2, -0.15) is 0 Å². The van der Waals surface area contributed by atoms with Crippen LogP contribution in [0.1, 0.15) is 61.5 Å². The van der Waals surface area contributed by atoms with E-state index in [0.29, 0.717) is 25.1 Å². The highest BCUT2D eigenvalue weighted by Crippen LogP contribution is 2.10. The van der Waals surface area contributed by atoms with E-state index in [-0.39, 0.29) is 24.2 Å². The van der Waals surface area contributed by atoms with Gasteiger partial charge in [0.15, 0.2) is 0 Å². The van der Waals surface area contributed by atoms with E-state index in [9.17, 15) is 19.2 Å². The summed E-state index contributed by atoms with van der Waals surface area (Å²) >= 11 is 0. The lowest BCUT2D eigenvalue weighted by Crippen LogP contribution is -2.57. The second-order valence-corrected chi connectivity index (χ2v) is 10.5. The van der Waals surface area contributed by atoms with Crippen molar-refractivity contribution in [3.8, 4) is 0 Å². The monoisotopic (exact) mass is 535 g/mol. The Morgan fingerprint density at radius 2 is 1.44 bits per heavy atom. The predicted octanol–water partition coefficient (Wildman–Crippen LogP) is 2.06. The second kappa shape index (κ2) is 15.0. The van der Waals surface area contributed by atoms with E-state index in [1.54, 1.807) is 19.1 Å². The first-order valence-electron chi connectivity index (χ1n) is 13.8. The van der Waals surface area contributed by atoms with Crippen LogP contribution in [0.15, 0.2) is 54.6 Å². The average Bonchev–Trinajstić information content (AvgIpc) is 2.91. The molecule has 2 aliphatic rings. The van der Waals surface area contributed by atoms with Crippen molar-refractivity contribution in [2.75, 3.05) is 13.1 Å². The number of hydrogen-bond donors (Lipinski definition) is 5. The number of fused-ring (bicyclic) bond motifs is 18. The molecule has 9 heteroatoms. The molecule has 0 spiro atoms. The predicted molar refractivity (Wildman–Crippen MR) is 151 cm³/mol. The summed E-state index contributed by atoms with van der Waals surface area (Å²) in [6.45, 7) is 7.50. The van der Waals surface area contributed by atoms with Crippen LogP contribution < -0.4 is 26.6 Å². The molecule has 3 atom stereocenters. The zero-order valence-electron chi connectivity index (χ0n) is 23.1. The minimum atomic E-state index is -0.904. The van der Waals surface area contributed by atoms with Crippen LogP contribution in [0.3, 0.4) is 0 Å². The van der Waals surface area contributed by atoms with Crippen LogP contribution >= 0.6 is 0 Å². The first kappa shape index (κ1) is 29.8. The molecule has 0 fully saturated rings. The Morgan fingerprint density at radius 3 is 2.13 bits per heavy atom. The summed E-state index contributed by atoms with van der Waals surface area (Å²) in [6, 6.07) is 14.2. The summed E-state index contributed by atoms with van der Waals surface area (Å²) in [5.41, 5.74) is 2.37. The lowest BCUT2D eigenvalue weighted by atomic mass is 10.0. The SMILES string of the molecule is CC(C)C[C@@H]1NC(=O)[C@@H](Cc2ccccc2)NC(=O)c2ccc(cc2)CNCCCCNC(=O)[C@@H](C)NC1=O. The summed E-state index contributed by atoms with van der Waals surface area (Å²) in [7, 11) is 0. The quantitative estimate of drug-likeness (QED) is 0.383. The average molecular weight is 536 g/mol. The van der Waals surface area contributed by atoms with Gasteiger partial charge in [-0.1, -0.05) is 56.3 Å². The van der Waals surface area contributed by atoms with E-state index in [4.69, 9.17) is 0 Å². The highest BCUT2D eigenvalue weighted by molar-refractivity contribution is 5.98. The van der Waals surface area contributed by atoms with E-state index in [0.717, 1.165) is 30.5 Å². The number of amides is 4. The number of carbonyl (C=O) groups excluding carboxylic acids is 4. The molecule has 2 bridgehead atoms. The number of nitrogens with one attached hydrogen (secondary N) is 5. The fraction of sp³-hybridized carbons (Fsp3) is 0.467. The van der Waals surface area contributed by atoms with Crippen molar-refractivity contribution in [2.24, 2.45) is 5.92 Å². The van der Waals surface area contributed by atoms with Crippen LogP contribution in [-0.2, 0) is 27.3 Å². The van der Waals surface area contributed by atoms with Crippen LogP contribution in [0.5, 0.6) is 0 Å². The van der Waals surface area contributed by atoms with Crippen LogP contribution in [0.2, 0.25) is 0 Å². The van der Waals surface area contributed by atoms with Gasteiger partial charge in [0.2, 0.25) is 17.7 Å². The Balaban J connectivity index is 1.86. The molecule has 0 saturated heterocycles. The first-order valence-corrected chi connectivity index (χ1v) is 13.8. The van der Waals surface area contributed by atoms with Gasteiger partial charge in [0.25, 0.3) is 5.91 Å². The molecule has 0 aromatic heterocycles. The highest BCUT2D eigenvalue weighted by atomic mass is 16.2. The molecule has 0 saturated carbocycles. The fourth-order valence-electron chi connectivity index (χ4n) is 4.40. The summed E-state index contributed by atoms with van der Waals surface area (Å²) in [4.78, 5) is 52.4. The molecule has 2 heterocycles. The van der Waals surface area contributed by atoms with Crippen molar-refractivity contribution >= 4 is 23.6 Å². The summed E-state index contributed by atoms with van der Waals surface area (Å²) in [5.74, 6) is -1.43. The zero-order chi connectivity index (χ0) is 28.2. The number of benzene rings is 2. The van der Waals surface area contributed by atoms with E-state index < -0.39 is 29.9 Å². The van der Waals surface area contributed by atoms with Crippen LogP contribution in [0, 0.1) is 5.92 Å². The van der Waals surface area contributed by atoms with Crippen LogP contribution in [-0.4, -0.2) is 54.8 Å². The van der Waals surface area contributed by atoms with E-state index in [2.05, 4.69) is 26.6 Å². The van der Waals surface area contributed by atoms with E-state index in [1.807, 2.05) is 56.3 Å². The largest absolute Gasteiger partial charge is 0.354 e. The standard InChI is InChI=1S/C30H41N5O4/c1-20(2)17-25-29(38)33-21(3)27(36)32-16-8-7-15-31-19-23-11-13-24(14-12-23)28(37)34-26(30(39)35-25)18-22-9-5-4-6-10-22/h4-6,9-14,20-21,25-26,31H,7-8,15-19H2,1-3H3,(H,32,36)(H,33,38)(H,34,37)(H,35,39)/t21-,25+,26-/m1/s1. The molecule has 0 unspecified atom stereocenters. The third-order valence-corrected chi connectivity index (χ3v) is 6.62. The van der Waals surface area contributed by atoms with Gasteiger partial charge < -0.3 is 26.6 Å². The van der Waals surface area contributed by atoms with Crippen molar-refractivity contribution in [3.63, 3.8) is 0 Å². The lowest BCUT2D eigenvalue weighted by molar-refractivity contribution is -0.132. The van der Waals surface area contributed by atoms with Crippen molar-refractivity contribution in [3.05, 3.63) is 71.3 Å². The first-order chi connectivity index (χ1) is 18.7. The fourth-order valence-corrected chi connectivity index (χ4v) is 4.40. The maximum Gasteiger partial charge on any atom is 0.251 e. The smallest absolute Gasteiger partial charge is 0.251 e. The molecule has 9 nitrogen and oxygen atoms in total. The maximum atomic E-state index is 13.5. The molecular weight excluding hydrogens is 494 g/mol. The van der Waals surface area contributed by atoms with E-state index in [1.165, 1.54) is 0 Å². The second-order valence-electron chi connectivity index (χ2n) is 10.5. The van der Waals surface area contributed by atoms with Gasteiger partial charge in [0.05, 0.1) is 0 Å². The minimum Gasteiger partial charge on any atom is -0.354 e. The van der Waals surface area contributed by atoms with E-state index >= 15 is 0 Å². The Kier molecular flexibility index (Phi) is 11.5. The van der Waals surface area contributed by atoms with Gasteiger partial charge >= 0.3 is 0 Å². The summed E-state index contributed by atoms with van der Waals surface area (Å²) in [5, 5.41) is 14.7. The molecule has 0 aliphatic carbocycles. The number of rotatable bonds is 4. The lowest BCUT2D eigenvalue weighted by Gasteiger charge is -2.25. The molecule has 2 aromatic carbocycles. The molecule has 39 heavy (non-hydrogen) atoms. The Bertz CT molecular complexity index is 1100. The zero-order valence-corrected chi connectivity index (χ0v) is 23.1. The molecular formula is C30H41N5O4. The number of carbonyl (C=O) groups is 4. The molecule has 0 radical (unpaired) electrons. The van der Waals surface area contributed by atoms with Crippen molar-refractivity contribution in [1.82, 2.24) is 26.6 Å². The Labute approximate surface area is 230 Å². The molecule has 210 valence electrons. The Hall–Kier alpha value is -3.72. The van der Waals surface area contributed by atoms with Gasteiger partial charge in [-0.05, 0) is 61.9 Å². The molecule has 4 rings (SSSR count). The van der Waals surface area contributed by atoms with Gasteiger partial charge in [0.1, 0.15) is 18.1 Å². The summed E-state index contributed by atoms with van der Waals surface area (Å²) < 4.78 is 0.